The minimum absolute atomic E-state index is 0.00179. The summed E-state index contributed by atoms with van der Waals surface area (Å²) in [7, 11) is 0. The summed E-state index contributed by atoms with van der Waals surface area (Å²) in [6, 6.07) is 11.7. The van der Waals surface area contributed by atoms with Crippen molar-refractivity contribution in [3.05, 3.63) is 76.7 Å². The summed E-state index contributed by atoms with van der Waals surface area (Å²) in [5.41, 5.74) is 2.35. The lowest BCUT2D eigenvalue weighted by Crippen LogP contribution is -2.37. The van der Waals surface area contributed by atoms with E-state index in [2.05, 4.69) is 16.4 Å². The van der Waals surface area contributed by atoms with E-state index in [4.69, 9.17) is 0 Å². The molecule has 3 aromatic rings. The molecule has 150 valence electrons. The third-order valence-corrected chi connectivity index (χ3v) is 5.99. The Hall–Kier alpha value is -3.70. The highest BCUT2D eigenvalue weighted by Crippen LogP contribution is 2.36. The molecule has 1 aliphatic rings. The number of carbonyl (C=O) groups is 2. The summed E-state index contributed by atoms with van der Waals surface area (Å²) in [5.74, 6) is -0.288. The number of fused-ring (bicyclic) bond motifs is 1. The Morgan fingerprint density at radius 3 is 2.87 bits per heavy atom. The summed E-state index contributed by atoms with van der Waals surface area (Å²) >= 11 is 1.36. The van der Waals surface area contributed by atoms with Crippen LogP contribution in [-0.2, 0) is 29.1 Å². The standard InChI is InChI=1S/C22H19N5O2S/c23-12-18-17-8-10-27(21(29)14-26-11-9-24-15-26)13-19(17)30-22(18)25-20(28)7-6-16-4-2-1-3-5-16/h1-7,9,11,15H,8,10,13-14H2,(H,25,28). The molecule has 3 heterocycles. The second-order valence-corrected chi connectivity index (χ2v) is 7.96. The quantitative estimate of drug-likeness (QED) is 0.646. The third-order valence-electron chi connectivity index (χ3n) is 4.86. The molecule has 0 bridgehead atoms. The SMILES string of the molecule is N#Cc1c(NC(=O)C=Cc2ccccc2)sc2c1CCN(C(=O)Cn1ccnc1)C2. The summed E-state index contributed by atoms with van der Waals surface area (Å²) in [5, 5.41) is 13.0. The Morgan fingerprint density at radius 1 is 1.30 bits per heavy atom. The van der Waals surface area contributed by atoms with Gasteiger partial charge in [-0.05, 0) is 23.6 Å². The van der Waals surface area contributed by atoms with Gasteiger partial charge in [-0.15, -0.1) is 11.3 Å². The van der Waals surface area contributed by atoms with Crippen LogP contribution in [0.4, 0.5) is 5.00 Å². The van der Waals surface area contributed by atoms with Crippen LogP contribution in [0.1, 0.15) is 21.6 Å². The van der Waals surface area contributed by atoms with Crippen LogP contribution in [-0.4, -0.2) is 32.8 Å². The second-order valence-electron chi connectivity index (χ2n) is 6.85. The van der Waals surface area contributed by atoms with E-state index in [9.17, 15) is 14.9 Å². The first-order valence-corrected chi connectivity index (χ1v) is 10.3. The number of rotatable bonds is 5. The van der Waals surface area contributed by atoms with Crippen LogP contribution in [0.25, 0.3) is 6.08 Å². The lowest BCUT2D eigenvalue weighted by Gasteiger charge is -2.27. The van der Waals surface area contributed by atoms with Gasteiger partial charge in [0.05, 0.1) is 18.4 Å². The molecule has 0 atom stereocenters. The number of nitriles is 1. The molecule has 0 saturated carbocycles. The van der Waals surface area contributed by atoms with Crippen molar-refractivity contribution in [2.24, 2.45) is 0 Å². The van der Waals surface area contributed by atoms with Crippen LogP contribution in [0.2, 0.25) is 0 Å². The monoisotopic (exact) mass is 417 g/mol. The van der Waals surface area contributed by atoms with Gasteiger partial charge in [0, 0.05) is 29.9 Å². The molecule has 30 heavy (non-hydrogen) atoms. The molecule has 1 aliphatic heterocycles. The van der Waals surface area contributed by atoms with Gasteiger partial charge < -0.3 is 14.8 Å². The van der Waals surface area contributed by atoms with Crippen LogP contribution in [0.3, 0.4) is 0 Å². The number of anilines is 1. The number of imidazole rings is 1. The number of nitrogens with zero attached hydrogens (tertiary/aromatic N) is 4. The average Bonchev–Trinajstić information content (AvgIpc) is 3.39. The summed E-state index contributed by atoms with van der Waals surface area (Å²) in [6.07, 6.45) is 8.79. The van der Waals surface area contributed by atoms with Gasteiger partial charge in [0.25, 0.3) is 0 Å². The van der Waals surface area contributed by atoms with Gasteiger partial charge in [-0.25, -0.2) is 4.98 Å². The maximum absolute atomic E-state index is 12.6. The molecule has 0 radical (unpaired) electrons. The molecule has 2 aromatic heterocycles. The Balaban J connectivity index is 1.46. The second kappa shape index (κ2) is 8.76. The van der Waals surface area contributed by atoms with Gasteiger partial charge in [-0.2, -0.15) is 5.26 Å². The summed E-state index contributed by atoms with van der Waals surface area (Å²) < 4.78 is 1.73. The van der Waals surface area contributed by atoms with Crippen molar-refractivity contribution in [1.82, 2.24) is 14.5 Å². The van der Waals surface area contributed by atoms with Crippen LogP contribution in [0.15, 0.2) is 55.1 Å². The first-order valence-electron chi connectivity index (χ1n) is 9.46. The lowest BCUT2D eigenvalue weighted by molar-refractivity contribution is -0.132. The molecule has 7 nitrogen and oxygen atoms in total. The number of hydrogen-bond acceptors (Lipinski definition) is 5. The Labute approximate surface area is 177 Å². The number of amides is 2. The molecule has 0 spiro atoms. The highest BCUT2D eigenvalue weighted by atomic mass is 32.1. The number of hydrogen-bond donors (Lipinski definition) is 1. The van der Waals surface area contributed by atoms with Crippen LogP contribution in [0, 0.1) is 11.3 Å². The molecular formula is C22H19N5O2S. The van der Waals surface area contributed by atoms with Crippen molar-refractivity contribution in [2.75, 3.05) is 11.9 Å². The highest BCUT2D eigenvalue weighted by molar-refractivity contribution is 7.16. The molecular weight excluding hydrogens is 398 g/mol. The van der Waals surface area contributed by atoms with Crippen LogP contribution >= 0.6 is 11.3 Å². The highest BCUT2D eigenvalue weighted by Gasteiger charge is 2.27. The normalized spacial score (nSPS) is 13.1. The Morgan fingerprint density at radius 2 is 2.13 bits per heavy atom. The fourth-order valence-electron chi connectivity index (χ4n) is 3.35. The van der Waals surface area contributed by atoms with Crippen LogP contribution in [0.5, 0.6) is 0 Å². The molecule has 4 rings (SSSR count). The van der Waals surface area contributed by atoms with E-state index in [-0.39, 0.29) is 18.4 Å². The molecule has 0 fully saturated rings. The van der Waals surface area contributed by atoms with E-state index >= 15 is 0 Å². The minimum Gasteiger partial charge on any atom is -0.336 e. The molecule has 0 saturated heterocycles. The van der Waals surface area contributed by atoms with E-state index < -0.39 is 0 Å². The Kier molecular flexibility index (Phi) is 5.72. The summed E-state index contributed by atoms with van der Waals surface area (Å²) in [6.45, 7) is 1.23. The van der Waals surface area contributed by atoms with E-state index in [1.165, 1.54) is 17.4 Å². The van der Waals surface area contributed by atoms with Crippen molar-refractivity contribution in [1.29, 1.82) is 5.26 Å². The molecule has 8 heteroatoms. The van der Waals surface area contributed by atoms with Gasteiger partial charge >= 0.3 is 0 Å². The molecule has 1 N–H and O–H groups in total. The smallest absolute Gasteiger partial charge is 0.249 e. The van der Waals surface area contributed by atoms with Crippen molar-refractivity contribution in [2.45, 2.75) is 19.5 Å². The number of aromatic nitrogens is 2. The zero-order valence-electron chi connectivity index (χ0n) is 16.1. The maximum atomic E-state index is 12.6. The zero-order chi connectivity index (χ0) is 20.9. The van der Waals surface area contributed by atoms with E-state index in [0.29, 0.717) is 30.1 Å². The summed E-state index contributed by atoms with van der Waals surface area (Å²) in [4.78, 5) is 31.6. The van der Waals surface area contributed by atoms with E-state index in [1.807, 2.05) is 30.3 Å². The zero-order valence-corrected chi connectivity index (χ0v) is 16.9. The lowest BCUT2D eigenvalue weighted by atomic mass is 10.0. The first kappa shape index (κ1) is 19.6. The fourth-order valence-corrected chi connectivity index (χ4v) is 4.57. The number of thiophene rings is 1. The largest absolute Gasteiger partial charge is 0.336 e. The maximum Gasteiger partial charge on any atom is 0.249 e. The van der Waals surface area contributed by atoms with Gasteiger partial charge in [-0.3, -0.25) is 9.59 Å². The van der Waals surface area contributed by atoms with Gasteiger partial charge in [0.1, 0.15) is 17.6 Å². The topological polar surface area (TPSA) is 91.0 Å². The van der Waals surface area contributed by atoms with Crippen molar-refractivity contribution >= 4 is 34.2 Å². The van der Waals surface area contributed by atoms with Gasteiger partial charge in [0.2, 0.25) is 11.8 Å². The minimum atomic E-state index is -0.290. The van der Waals surface area contributed by atoms with Crippen molar-refractivity contribution in [3.63, 3.8) is 0 Å². The number of carbonyl (C=O) groups excluding carboxylic acids is 2. The molecule has 1 aromatic carbocycles. The van der Waals surface area contributed by atoms with Crippen molar-refractivity contribution < 1.29 is 9.59 Å². The van der Waals surface area contributed by atoms with Crippen LogP contribution < -0.4 is 5.32 Å². The molecule has 2 amide bonds. The third kappa shape index (κ3) is 4.31. The first-order chi connectivity index (χ1) is 14.6. The van der Waals surface area contributed by atoms with Gasteiger partial charge in [-0.1, -0.05) is 30.3 Å². The average molecular weight is 417 g/mol. The molecule has 0 aliphatic carbocycles. The van der Waals surface area contributed by atoms with E-state index in [0.717, 1.165) is 16.0 Å². The number of nitrogens with one attached hydrogen (secondary N) is 1. The fraction of sp³-hybridized carbons (Fsp3) is 0.182. The molecule has 0 unspecified atom stereocenters. The van der Waals surface area contributed by atoms with Gasteiger partial charge in [0.15, 0.2) is 0 Å². The Bertz CT molecular complexity index is 1130. The predicted molar refractivity (Wildman–Crippen MR) is 114 cm³/mol. The van der Waals surface area contributed by atoms with Crippen molar-refractivity contribution in [3.8, 4) is 6.07 Å². The predicted octanol–water partition coefficient (Wildman–Crippen LogP) is 3.05. The van der Waals surface area contributed by atoms with E-state index in [1.54, 1.807) is 34.3 Å². The number of benzene rings is 1.